The third-order valence-corrected chi connectivity index (χ3v) is 3.36. The highest BCUT2D eigenvalue weighted by Gasteiger charge is 2.37. The molecule has 0 aromatic carbocycles. The van der Waals surface area contributed by atoms with Crippen molar-refractivity contribution in [3.05, 3.63) is 16.6 Å². The molecule has 2 rings (SSSR count). The van der Waals surface area contributed by atoms with Crippen LogP contribution in [-0.2, 0) is 0 Å². The number of alkyl halides is 2. The Morgan fingerprint density at radius 1 is 1.47 bits per heavy atom. The molecule has 15 heavy (non-hydrogen) atoms. The van der Waals surface area contributed by atoms with Gasteiger partial charge in [-0.05, 0) is 12.8 Å². The summed E-state index contributed by atoms with van der Waals surface area (Å²) in [4.78, 5) is 15.7. The zero-order chi connectivity index (χ0) is 10.9. The van der Waals surface area contributed by atoms with Crippen molar-refractivity contribution in [2.24, 2.45) is 5.92 Å². The highest BCUT2D eigenvalue weighted by Crippen LogP contribution is 2.37. The van der Waals surface area contributed by atoms with Crippen LogP contribution in [0, 0.1) is 5.92 Å². The summed E-state index contributed by atoms with van der Waals surface area (Å²) in [6.07, 6.45) is 0.216. The van der Waals surface area contributed by atoms with E-state index in [2.05, 4.69) is 4.98 Å². The molecule has 1 aliphatic carbocycles. The molecular formula is C10H11F2NOS. The normalized spacial score (nSPS) is 21.5. The minimum Gasteiger partial charge on any atom is -0.292 e. The number of carbonyl (C=O) groups excluding carboxylic acids is 1. The van der Waals surface area contributed by atoms with E-state index in [1.54, 1.807) is 10.9 Å². The lowest BCUT2D eigenvalue weighted by Gasteiger charge is -2.26. The van der Waals surface area contributed by atoms with E-state index in [1.165, 1.54) is 11.3 Å². The molecule has 82 valence electrons. The summed E-state index contributed by atoms with van der Waals surface area (Å²) >= 11 is 1.35. The Morgan fingerprint density at radius 2 is 2.13 bits per heavy atom. The van der Waals surface area contributed by atoms with Crippen molar-refractivity contribution in [2.75, 3.05) is 0 Å². The number of hydrogen-bond acceptors (Lipinski definition) is 3. The van der Waals surface area contributed by atoms with E-state index in [0.717, 1.165) is 0 Å². The number of carbonyl (C=O) groups is 1. The second-order valence-electron chi connectivity index (χ2n) is 3.87. The minimum absolute atomic E-state index is 0.0771. The highest BCUT2D eigenvalue weighted by molar-refractivity contribution is 7.07. The molecule has 0 spiro atoms. The van der Waals surface area contributed by atoms with Crippen LogP contribution in [0.5, 0.6) is 0 Å². The molecule has 0 amide bonds. The predicted octanol–water partition coefficient (Wildman–Crippen LogP) is 3.15. The summed E-state index contributed by atoms with van der Waals surface area (Å²) in [6, 6.07) is 0. The Labute approximate surface area is 90.3 Å². The van der Waals surface area contributed by atoms with Gasteiger partial charge in [-0.25, -0.2) is 13.8 Å². The van der Waals surface area contributed by atoms with Crippen LogP contribution in [0.1, 0.15) is 36.2 Å². The lowest BCUT2D eigenvalue weighted by Crippen LogP contribution is -2.28. The molecule has 1 heterocycles. The van der Waals surface area contributed by atoms with Crippen molar-refractivity contribution in [3.8, 4) is 0 Å². The van der Waals surface area contributed by atoms with Crippen LogP contribution in [0.4, 0.5) is 8.78 Å². The number of ketones is 1. The molecule has 5 heteroatoms. The number of hydrogen-bond donors (Lipinski definition) is 0. The molecule has 0 radical (unpaired) electrons. The monoisotopic (exact) mass is 231 g/mol. The number of halogens is 2. The summed E-state index contributed by atoms with van der Waals surface area (Å²) in [6.45, 7) is 0. The van der Waals surface area contributed by atoms with Gasteiger partial charge in [0.25, 0.3) is 0 Å². The first kappa shape index (κ1) is 10.7. The topological polar surface area (TPSA) is 30.0 Å². The van der Waals surface area contributed by atoms with Crippen molar-refractivity contribution in [3.63, 3.8) is 0 Å². The Kier molecular flexibility index (Phi) is 2.82. The van der Waals surface area contributed by atoms with Crippen LogP contribution in [0.15, 0.2) is 10.9 Å². The molecule has 2 nitrogen and oxygen atoms in total. The molecule has 0 N–H and O–H groups in total. The van der Waals surface area contributed by atoms with E-state index < -0.39 is 5.92 Å². The third kappa shape index (κ3) is 2.40. The van der Waals surface area contributed by atoms with E-state index in [4.69, 9.17) is 0 Å². The first-order valence-electron chi connectivity index (χ1n) is 4.89. The number of Topliss-reactive ketones (excluding diaryl/α,β-unsaturated/α-hetero) is 1. The van der Waals surface area contributed by atoms with Gasteiger partial charge in [0, 0.05) is 24.1 Å². The maximum Gasteiger partial charge on any atom is 0.248 e. The van der Waals surface area contributed by atoms with E-state index in [9.17, 15) is 13.6 Å². The largest absolute Gasteiger partial charge is 0.292 e. The zero-order valence-electron chi connectivity index (χ0n) is 8.08. The van der Waals surface area contributed by atoms with Crippen LogP contribution < -0.4 is 0 Å². The molecule has 0 bridgehead atoms. The average molecular weight is 231 g/mol. The Balaban J connectivity index is 2.00. The molecule has 1 fully saturated rings. The fourth-order valence-electron chi connectivity index (χ4n) is 1.85. The van der Waals surface area contributed by atoms with Gasteiger partial charge in [-0.2, -0.15) is 0 Å². The van der Waals surface area contributed by atoms with Crippen molar-refractivity contribution in [1.29, 1.82) is 0 Å². The third-order valence-electron chi connectivity index (χ3n) is 2.77. The SMILES string of the molecule is O=C(c1cscn1)C1CCC(F)(F)CC1. The number of rotatable bonds is 2. The number of nitrogens with zero attached hydrogens (tertiary/aromatic N) is 1. The van der Waals surface area contributed by atoms with Gasteiger partial charge in [0.2, 0.25) is 5.92 Å². The molecule has 1 aromatic heterocycles. The van der Waals surface area contributed by atoms with E-state index in [-0.39, 0.29) is 37.4 Å². The highest BCUT2D eigenvalue weighted by atomic mass is 32.1. The molecule has 1 saturated carbocycles. The minimum atomic E-state index is -2.57. The quantitative estimate of drug-likeness (QED) is 0.732. The summed E-state index contributed by atoms with van der Waals surface area (Å²) in [5.41, 5.74) is 2.01. The lowest BCUT2D eigenvalue weighted by molar-refractivity contribution is -0.0424. The molecule has 1 aliphatic rings. The van der Waals surface area contributed by atoms with Gasteiger partial charge in [0.1, 0.15) is 5.69 Å². The van der Waals surface area contributed by atoms with Crippen LogP contribution >= 0.6 is 11.3 Å². The maximum atomic E-state index is 12.9. The second kappa shape index (κ2) is 3.96. The standard InChI is InChI=1S/C10H11F2NOS/c11-10(12)3-1-7(2-4-10)9(14)8-5-15-6-13-8/h5-7H,1-4H2. The second-order valence-corrected chi connectivity index (χ2v) is 4.59. The first-order valence-corrected chi connectivity index (χ1v) is 5.83. The fraction of sp³-hybridized carbons (Fsp3) is 0.600. The van der Waals surface area contributed by atoms with E-state index >= 15 is 0 Å². The van der Waals surface area contributed by atoms with Gasteiger partial charge < -0.3 is 0 Å². The summed E-state index contributed by atoms with van der Waals surface area (Å²) < 4.78 is 25.7. The average Bonchev–Trinajstić information content (AvgIpc) is 2.69. The van der Waals surface area contributed by atoms with Gasteiger partial charge >= 0.3 is 0 Å². The van der Waals surface area contributed by atoms with Gasteiger partial charge in [-0.3, -0.25) is 4.79 Å². The van der Waals surface area contributed by atoms with Crippen molar-refractivity contribution in [1.82, 2.24) is 4.98 Å². The smallest absolute Gasteiger partial charge is 0.248 e. The molecule has 0 atom stereocenters. The van der Waals surface area contributed by atoms with Crippen molar-refractivity contribution in [2.45, 2.75) is 31.6 Å². The van der Waals surface area contributed by atoms with Crippen molar-refractivity contribution < 1.29 is 13.6 Å². The lowest BCUT2D eigenvalue weighted by atomic mass is 9.83. The predicted molar refractivity (Wildman–Crippen MR) is 53.3 cm³/mol. The van der Waals surface area contributed by atoms with E-state index in [1.807, 2.05) is 0 Å². The van der Waals surface area contributed by atoms with Crippen LogP contribution in [-0.4, -0.2) is 16.7 Å². The first-order chi connectivity index (χ1) is 7.08. The molecule has 1 aromatic rings. The van der Waals surface area contributed by atoms with Gasteiger partial charge in [-0.15, -0.1) is 11.3 Å². The fourth-order valence-corrected chi connectivity index (χ4v) is 2.39. The van der Waals surface area contributed by atoms with Crippen LogP contribution in [0.3, 0.4) is 0 Å². The summed E-state index contributed by atoms with van der Waals surface area (Å²) in [5, 5.41) is 1.68. The van der Waals surface area contributed by atoms with Gasteiger partial charge in [0.05, 0.1) is 5.51 Å². The number of aromatic nitrogens is 1. The van der Waals surface area contributed by atoms with Gasteiger partial charge in [0.15, 0.2) is 5.78 Å². The maximum absolute atomic E-state index is 12.9. The van der Waals surface area contributed by atoms with Crippen molar-refractivity contribution >= 4 is 17.1 Å². The Morgan fingerprint density at radius 3 is 2.67 bits per heavy atom. The zero-order valence-corrected chi connectivity index (χ0v) is 8.90. The molecule has 0 unspecified atom stereocenters. The number of thiazole rings is 1. The Bertz CT molecular complexity index is 340. The van der Waals surface area contributed by atoms with Crippen LogP contribution in [0.25, 0.3) is 0 Å². The molecular weight excluding hydrogens is 220 g/mol. The Hall–Kier alpha value is -0.840. The summed E-state index contributed by atoms with van der Waals surface area (Å²) in [7, 11) is 0. The summed E-state index contributed by atoms with van der Waals surface area (Å²) in [5.74, 6) is -2.91. The van der Waals surface area contributed by atoms with Gasteiger partial charge in [-0.1, -0.05) is 0 Å². The van der Waals surface area contributed by atoms with E-state index in [0.29, 0.717) is 5.69 Å². The molecule has 0 saturated heterocycles. The van der Waals surface area contributed by atoms with Crippen LogP contribution in [0.2, 0.25) is 0 Å². The molecule has 0 aliphatic heterocycles.